The molecule has 4 heteroatoms. The van der Waals surface area contributed by atoms with Crippen molar-refractivity contribution < 1.29 is 0 Å². The van der Waals surface area contributed by atoms with E-state index < -0.39 is 0 Å². The number of piperazine rings is 1. The van der Waals surface area contributed by atoms with Gasteiger partial charge in [0.1, 0.15) is 0 Å². The van der Waals surface area contributed by atoms with Gasteiger partial charge in [0.25, 0.3) is 0 Å². The normalized spacial score (nSPS) is 28.5. The molecule has 0 spiro atoms. The fourth-order valence-electron chi connectivity index (χ4n) is 3.76. The lowest BCUT2D eigenvalue weighted by Crippen LogP contribution is -2.59. The summed E-state index contributed by atoms with van der Waals surface area (Å²) in [5.74, 6) is 0. The zero-order valence-corrected chi connectivity index (χ0v) is 14.0. The van der Waals surface area contributed by atoms with E-state index in [2.05, 4.69) is 47.8 Å². The van der Waals surface area contributed by atoms with Gasteiger partial charge in [0.2, 0.25) is 0 Å². The van der Waals surface area contributed by atoms with Crippen molar-refractivity contribution in [1.82, 2.24) is 20.0 Å². The molecule has 2 saturated heterocycles. The van der Waals surface area contributed by atoms with E-state index in [-0.39, 0.29) is 0 Å². The molecule has 0 aliphatic carbocycles. The van der Waals surface area contributed by atoms with Crippen molar-refractivity contribution in [3.05, 3.63) is 0 Å². The molecule has 118 valence electrons. The molecular weight excluding hydrogens is 248 g/mol. The van der Waals surface area contributed by atoms with Crippen molar-refractivity contribution >= 4 is 0 Å². The van der Waals surface area contributed by atoms with Gasteiger partial charge in [-0.05, 0) is 46.8 Å². The predicted octanol–water partition coefficient (Wildman–Crippen LogP) is 1.09. The molecule has 0 bridgehead atoms. The molecule has 2 aliphatic heterocycles. The second-order valence-electron chi connectivity index (χ2n) is 7.20. The predicted molar refractivity (Wildman–Crippen MR) is 86.3 cm³/mol. The van der Waals surface area contributed by atoms with Crippen LogP contribution in [0.15, 0.2) is 0 Å². The first-order valence-electron chi connectivity index (χ1n) is 8.41. The topological polar surface area (TPSA) is 21.8 Å². The Bertz CT molecular complexity index is 286. The molecule has 2 fully saturated rings. The molecule has 0 aromatic rings. The Morgan fingerprint density at radius 2 is 1.80 bits per heavy atom. The van der Waals surface area contributed by atoms with Crippen molar-refractivity contribution in [3.63, 3.8) is 0 Å². The third kappa shape index (κ3) is 4.17. The Kier molecular flexibility index (Phi) is 5.84. The summed E-state index contributed by atoms with van der Waals surface area (Å²) in [4.78, 5) is 7.93. The fourth-order valence-corrected chi connectivity index (χ4v) is 3.76. The molecule has 1 N–H and O–H groups in total. The minimum atomic E-state index is 0.290. The van der Waals surface area contributed by atoms with Gasteiger partial charge in [0, 0.05) is 50.8 Å². The first-order valence-corrected chi connectivity index (χ1v) is 8.41. The Hall–Kier alpha value is -0.160. The minimum absolute atomic E-state index is 0.290. The second-order valence-corrected chi connectivity index (χ2v) is 7.20. The lowest BCUT2D eigenvalue weighted by molar-refractivity contribution is 0.0465. The molecule has 4 nitrogen and oxygen atoms in total. The van der Waals surface area contributed by atoms with Gasteiger partial charge in [-0.25, -0.2) is 0 Å². The van der Waals surface area contributed by atoms with Crippen molar-refractivity contribution in [2.75, 3.05) is 59.4 Å². The van der Waals surface area contributed by atoms with Gasteiger partial charge in [0.15, 0.2) is 0 Å². The van der Waals surface area contributed by atoms with E-state index in [0.29, 0.717) is 5.54 Å². The summed E-state index contributed by atoms with van der Waals surface area (Å²) in [7, 11) is 2.27. The first-order chi connectivity index (χ1) is 9.53. The lowest BCUT2D eigenvalue weighted by Gasteiger charge is -2.45. The standard InChI is InChI=1S/C16H34N4/c1-5-15-13-18(4)9-6-10-19(15)14-16(2,3)20-11-7-17-8-12-20/h15,17H,5-14H2,1-4H3. The molecule has 2 heterocycles. The van der Waals surface area contributed by atoms with Crippen LogP contribution in [0.25, 0.3) is 0 Å². The van der Waals surface area contributed by atoms with Crippen LogP contribution in [0.1, 0.15) is 33.6 Å². The van der Waals surface area contributed by atoms with Gasteiger partial charge in [0.05, 0.1) is 0 Å². The summed E-state index contributed by atoms with van der Waals surface area (Å²) >= 11 is 0. The average molecular weight is 282 g/mol. The van der Waals surface area contributed by atoms with Gasteiger partial charge in [-0.2, -0.15) is 0 Å². The number of nitrogens with zero attached hydrogens (tertiary/aromatic N) is 3. The summed E-state index contributed by atoms with van der Waals surface area (Å²) in [5.41, 5.74) is 0.290. The maximum absolute atomic E-state index is 3.46. The van der Waals surface area contributed by atoms with E-state index in [9.17, 15) is 0 Å². The molecular formula is C16H34N4. The Balaban J connectivity index is 1.97. The Morgan fingerprint density at radius 3 is 2.45 bits per heavy atom. The van der Waals surface area contributed by atoms with Crippen LogP contribution in [0.2, 0.25) is 0 Å². The Morgan fingerprint density at radius 1 is 1.10 bits per heavy atom. The van der Waals surface area contributed by atoms with E-state index in [1.54, 1.807) is 0 Å². The zero-order valence-electron chi connectivity index (χ0n) is 14.0. The number of hydrogen-bond donors (Lipinski definition) is 1. The summed E-state index contributed by atoms with van der Waals surface area (Å²) in [6.45, 7) is 16.8. The molecule has 20 heavy (non-hydrogen) atoms. The van der Waals surface area contributed by atoms with Crippen LogP contribution in [-0.4, -0.2) is 85.7 Å². The van der Waals surface area contributed by atoms with Crippen LogP contribution in [0.4, 0.5) is 0 Å². The molecule has 2 aliphatic rings. The fraction of sp³-hybridized carbons (Fsp3) is 1.00. The number of rotatable bonds is 4. The number of hydrogen-bond acceptors (Lipinski definition) is 4. The molecule has 0 aromatic carbocycles. The second kappa shape index (κ2) is 7.21. The summed E-state index contributed by atoms with van der Waals surface area (Å²) in [6.07, 6.45) is 2.58. The Labute approximate surface area is 125 Å². The SMILES string of the molecule is CCC1CN(C)CCCN1CC(C)(C)N1CCNCC1. The maximum atomic E-state index is 3.46. The quantitative estimate of drug-likeness (QED) is 0.833. The van der Waals surface area contributed by atoms with Crippen LogP contribution >= 0.6 is 0 Å². The van der Waals surface area contributed by atoms with E-state index in [1.807, 2.05) is 0 Å². The number of nitrogens with one attached hydrogen (secondary N) is 1. The highest BCUT2D eigenvalue weighted by molar-refractivity contribution is 4.90. The smallest absolute Gasteiger partial charge is 0.0281 e. The summed E-state index contributed by atoms with van der Waals surface area (Å²) in [5, 5.41) is 3.46. The van der Waals surface area contributed by atoms with Crippen LogP contribution in [0.3, 0.4) is 0 Å². The molecule has 1 unspecified atom stereocenters. The monoisotopic (exact) mass is 282 g/mol. The molecule has 0 radical (unpaired) electrons. The molecule has 1 atom stereocenters. The molecule has 0 amide bonds. The highest BCUT2D eigenvalue weighted by atomic mass is 15.3. The first kappa shape index (κ1) is 16.2. The third-order valence-corrected chi connectivity index (χ3v) is 5.06. The highest BCUT2D eigenvalue weighted by Crippen LogP contribution is 2.21. The zero-order chi connectivity index (χ0) is 14.6. The van der Waals surface area contributed by atoms with Crippen molar-refractivity contribution in [3.8, 4) is 0 Å². The lowest BCUT2D eigenvalue weighted by atomic mass is 9.99. The average Bonchev–Trinajstić information content (AvgIpc) is 2.61. The van der Waals surface area contributed by atoms with E-state index in [1.165, 1.54) is 52.1 Å². The van der Waals surface area contributed by atoms with Crippen molar-refractivity contribution in [1.29, 1.82) is 0 Å². The highest BCUT2D eigenvalue weighted by Gasteiger charge is 2.32. The van der Waals surface area contributed by atoms with Crippen LogP contribution in [0.5, 0.6) is 0 Å². The number of likely N-dealkylation sites (N-methyl/N-ethyl adjacent to an activating group) is 1. The van der Waals surface area contributed by atoms with E-state index in [0.717, 1.165) is 19.1 Å². The summed E-state index contributed by atoms with van der Waals surface area (Å²) in [6, 6.07) is 0.727. The largest absolute Gasteiger partial charge is 0.314 e. The van der Waals surface area contributed by atoms with E-state index >= 15 is 0 Å². The van der Waals surface area contributed by atoms with E-state index in [4.69, 9.17) is 0 Å². The van der Waals surface area contributed by atoms with Crippen LogP contribution in [0, 0.1) is 0 Å². The van der Waals surface area contributed by atoms with Gasteiger partial charge >= 0.3 is 0 Å². The van der Waals surface area contributed by atoms with Gasteiger partial charge in [-0.3, -0.25) is 9.80 Å². The molecule has 0 aromatic heterocycles. The third-order valence-electron chi connectivity index (χ3n) is 5.06. The van der Waals surface area contributed by atoms with Gasteiger partial charge in [-0.1, -0.05) is 6.92 Å². The molecule has 0 saturated carbocycles. The molecule has 2 rings (SSSR count). The van der Waals surface area contributed by atoms with Gasteiger partial charge < -0.3 is 10.2 Å². The van der Waals surface area contributed by atoms with Crippen LogP contribution < -0.4 is 5.32 Å². The van der Waals surface area contributed by atoms with Crippen molar-refractivity contribution in [2.45, 2.75) is 45.2 Å². The maximum Gasteiger partial charge on any atom is 0.0281 e. The van der Waals surface area contributed by atoms with Crippen LogP contribution in [-0.2, 0) is 0 Å². The van der Waals surface area contributed by atoms with Gasteiger partial charge in [-0.15, -0.1) is 0 Å². The van der Waals surface area contributed by atoms with Crippen molar-refractivity contribution in [2.24, 2.45) is 0 Å². The minimum Gasteiger partial charge on any atom is -0.314 e. The summed E-state index contributed by atoms with van der Waals surface area (Å²) < 4.78 is 0.